The lowest BCUT2D eigenvalue weighted by Crippen LogP contribution is -2.39. The fourth-order valence-electron chi connectivity index (χ4n) is 3.64. The molecule has 1 aliphatic heterocycles. The van der Waals surface area contributed by atoms with Crippen LogP contribution in [-0.4, -0.2) is 48.7 Å². The molecule has 1 atom stereocenters. The van der Waals surface area contributed by atoms with Crippen LogP contribution < -0.4 is 5.56 Å². The second-order valence-electron chi connectivity index (χ2n) is 6.70. The monoisotopic (exact) mass is 352 g/mol. The first-order chi connectivity index (χ1) is 12.5. The molecule has 4 heterocycles. The van der Waals surface area contributed by atoms with E-state index in [1.165, 1.54) is 10.7 Å². The average Bonchev–Trinajstić information content (AvgIpc) is 2.96. The number of likely N-dealkylation sites (tertiary alicyclic amines) is 1. The van der Waals surface area contributed by atoms with Gasteiger partial charge >= 0.3 is 0 Å². The number of nitrogens with zero attached hydrogens (tertiary/aromatic N) is 5. The molecule has 1 aliphatic rings. The van der Waals surface area contributed by atoms with Gasteiger partial charge in [-0.05, 0) is 38.8 Å². The Balaban J connectivity index is 1.64. The summed E-state index contributed by atoms with van der Waals surface area (Å²) in [5, 5.41) is 8.49. The molecule has 1 N–H and O–H groups in total. The molecule has 0 radical (unpaired) electrons. The van der Waals surface area contributed by atoms with E-state index in [0.29, 0.717) is 35.7 Å². The molecule has 1 fully saturated rings. The number of aryl methyl sites for hydroxylation is 2. The zero-order valence-electron chi connectivity index (χ0n) is 14.8. The SMILES string of the molecule is Cc1nc(C2CCCN(C(=O)c3c(C)nn4ncccc34)C2)cc(=O)[nH]1. The largest absolute Gasteiger partial charge is 0.338 e. The summed E-state index contributed by atoms with van der Waals surface area (Å²) in [6.07, 6.45) is 3.43. The molecule has 26 heavy (non-hydrogen) atoms. The molecular weight excluding hydrogens is 332 g/mol. The third-order valence-electron chi connectivity index (χ3n) is 4.81. The smallest absolute Gasteiger partial charge is 0.258 e. The normalized spacial score (nSPS) is 17.6. The van der Waals surface area contributed by atoms with Crippen LogP contribution >= 0.6 is 0 Å². The van der Waals surface area contributed by atoms with Crippen molar-refractivity contribution in [2.24, 2.45) is 0 Å². The number of piperidine rings is 1. The Morgan fingerprint density at radius 2 is 2.19 bits per heavy atom. The molecule has 8 nitrogen and oxygen atoms in total. The number of hydrogen-bond donors (Lipinski definition) is 1. The summed E-state index contributed by atoms with van der Waals surface area (Å²) < 4.78 is 1.49. The van der Waals surface area contributed by atoms with E-state index in [0.717, 1.165) is 18.5 Å². The first kappa shape index (κ1) is 16.4. The van der Waals surface area contributed by atoms with Gasteiger partial charge in [-0.2, -0.15) is 14.8 Å². The lowest BCUT2D eigenvalue weighted by molar-refractivity contribution is 0.0707. The van der Waals surface area contributed by atoms with E-state index >= 15 is 0 Å². The summed E-state index contributed by atoms with van der Waals surface area (Å²) in [7, 11) is 0. The molecule has 8 heteroatoms. The third kappa shape index (κ3) is 2.87. The van der Waals surface area contributed by atoms with Crippen LogP contribution in [0.2, 0.25) is 0 Å². The van der Waals surface area contributed by atoms with Crippen molar-refractivity contribution in [2.45, 2.75) is 32.6 Å². The molecule has 1 unspecified atom stereocenters. The van der Waals surface area contributed by atoms with E-state index in [1.807, 2.05) is 17.9 Å². The first-order valence-electron chi connectivity index (χ1n) is 8.70. The number of carbonyl (C=O) groups excluding carboxylic acids is 1. The number of H-pyrrole nitrogens is 1. The minimum absolute atomic E-state index is 0.0447. The Morgan fingerprint density at radius 1 is 1.35 bits per heavy atom. The third-order valence-corrected chi connectivity index (χ3v) is 4.81. The Hall–Kier alpha value is -3.03. The Kier molecular flexibility index (Phi) is 4.02. The Labute approximate surface area is 149 Å². The number of amides is 1. The van der Waals surface area contributed by atoms with Gasteiger partial charge in [0.15, 0.2) is 0 Å². The minimum Gasteiger partial charge on any atom is -0.338 e. The molecule has 0 saturated carbocycles. The van der Waals surface area contributed by atoms with Gasteiger partial charge in [0.1, 0.15) is 11.3 Å². The fourth-order valence-corrected chi connectivity index (χ4v) is 3.64. The van der Waals surface area contributed by atoms with E-state index in [2.05, 4.69) is 20.2 Å². The zero-order chi connectivity index (χ0) is 18.3. The number of fused-ring (bicyclic) bond motifs is 1. The van der Waals surface area contributed by atoms with E-state index in [-0.39, 0.29) is 17.4 Å². The molecule has 4 rings (SSSR count). The highest BCUT2D eigenvalue weighted by molar-refractivity contribution is 6.01. The lowest BCUT2D eigenvalue weighted by Gasteiger charge is -2.32. The summed E-state index contributed by atoms with van der Waals surface area (Å²) in [6.45, 7) is 4.83. The van der Waals surface area contributed by atoms with Gasteiger partial charge in [-0.15, -0.1) is 0 Å². The first-order valence-corrected chi connectivity index (χ1v) is 8.70. The number of aromatic nitrogens is 5. The van der Waals surface area contributed by atoms with Crippen molar-refractivity contribution in [3.8, 4) is 0 Å². The van der Waals surface area contributed by atoms with Gasteiger partial charge in [0, 0.05) is 31.3 Å². The summed E-state index contributed by atoms with van der Waals surface area (Å²) in [6, 6.07) is 5.19. The van der Waals surface area contributed by atoms with Gasteiger partial charge in [0.05, 0.1) is 17.0 Å². The topological polar surface area (TPSA) is 96.2 Å². The van der Waals surface area contributed by atoms with Crippen LogP contribution in [0.5, 0.6) is 0 Å². The number of aromatic amines is 1. The predicted octanol–water partition coefficient (Wildman–Crippen LogP) is 1.45. The number of rotatable bonds is 2. The highest BCUT2D eigenvalue weighted by Crippen LogP contribution is 2.27. The second kappa shape index (κ2) is 6.36. The number of carbonyl (C=O) groups is 1. The van der Waals surface area contributed by atoms with E-state index in [9.17, 15) is 9.59 Å². The quantitative estimate of drug-likeness (QED) is 0.753. The van der Waals surface area contributed by atoms with Crippen LogP contribution in [0.4, 0.5) is 0 Å². The molecular formula is C18H20N6O2. The molecule has 1 saturated heterocycles. The summed E-state index contributed by atoms with van der Waals surface area (Å²) in [5.41, 5.74) is 2.57. The van der Waals surface area contributed by atoms with E-state index < -0.39 is 0 Å². The van der Waals surface area contributed by atoms with Gasteiger partial charge in [0.2, 0.25) is 0 Å². The van der Waals surface area contributed by atoms with Crippen molar-refractivity contribution < 1.29 is 4.79 Å². The maximum Gasteiger partial charge on any atom is 0.258 e. The van der Waals surface area contributed by atoms with Crippen molar-refractivity contribution in [3.05, 3.63) is 57.5 Å². The molecule has 0 spiro atoms. The zero-order valence-corrected chi connectivity index (χ0v) is 14.8. The molecule has 3 aromatic heterocycles. The molecule has 0 aromatic carbocycles. The van der Waals surface area contributed by atoms with Crippen LogP contribution in [0.25, 0.3) is 5.52 Å². The molecule has 3 aromatic rings. The van der Waals surface area contributed by atoms with Crippen molar-refractivity contribution in [1.29, 1.82) is 0 Å². The predicted molar refractivity (Wildman–Crippen MR) is 95.2 cm³/mol. The maximum atomic E-state index is 13.2. The fraction of sp³-hybridized carbons (Fsp3) is 0.389. The van der Waals surface area contributed by atoms with Crippen molar-refractivity contribution in [2.75, 3.05) is 13.1 Å². The van der Waals surface area contributed by atoms with Crippen LogP contribution in [0.15, 0.2) is 29.2 Å². The van der Waals surface area contributed by atoms with Gasteiger partial charge < -0.3 is 9.88 Å². The van der Waals surface area contributed by atoms with Crippen molar-refractivity contribution in [3.63, 3.8) is 0 Å². The van der Waals surface area contributed by atoms with Crippen LogP contribution in [0.1, 0.15) is 46.3 Å². The maximum absolute atomic E-state index is 13.2. The molecule has 1 amide bonds. The minimum atomic E-state index is -0.152. The molecule has 0 aliphatic carbocycles. The van der Waals surface area contributed by atoms with E-state index in [4.69, 9.17) is 0 Å². The van der Waals surface area contributed by atoms with Crippen LogP contribution in [-0.2, 0) is 0 Å². The van der Waals surface area contributed by atoms with Crippen LogP contribution in [0, 0.1) is 13.8 Å². The Bertz CT molecular complexity index is 1040. The number of nitrogens with one attached hydrogen (secondary N) is 1. The standard InChI is InChI=1S/C18H20N6O2/c1-11-17(15-6-3-7-19-24(15)22-11)18(26)23-8-4-5-13(10-23)14-9-16(25)21-12(2)20-14/h3,6-7,9,13H,4-5,8,10H2,1-2H3,(H,20,21,25). The van der Waals surface area contributed by atoms with Crippen LogP contribution in [0.3, 0.4) is 0 Å². The molecule has 0 bridgehead atoms. The average molecular weight is 352 g/mol. The highest BCUT2D eigenvalue weighted by Gasteiger charge is 2.29. The lowest BCUT2D eigenvalue weighted by atomic mass is 9.94. The Morgan fingerprint density at radius 3 is 3.00 bits per heavy atom. The molecule has 134 valence electrons. The van der Waals surface area contributed by atoms with Crippen molar-refractivity contribution >= 4 is 11.4 Å². The summed E-state index contributed by atoms with van der Waals surface area (Å²) in [5.74, 6) is 0.617. The summed E-state index contributed by atoms with van der Waals surface area (Å²) in [4.78, 5) is 33.9. The summed E-state index contributed by atoms with van der Waals surface area (Å²) >= 11 is 0. The number of hydrogen-bond acceptors (Lipinski definition) is 5. The second-order valence-corrected chi connectivity index (χ2v) is 6.70. The van der Waals surface area contributed by atoms with Crippen molar-refractivity contribution in [1.82, 2.24) is 29.7 Å². The van der Waals surface area contributed by atoms with Gasteiger partial charge in [-0.25, -0.2) is 4.98 Å². The highest BCUT2D eigenvalue weighted by atomic mass is 16.2. The van der Waals surface area contributed by atoms with Gasteiger partial charge in [0.25, 0.3) is 11.5 Å². The van der Waals surface area contributed by atoms with Gasteiger partial charge in [-0.3, -0.25) is 9.59 Å². The van der Waals surface area contributed by atoms with E-state index in [1.54, 1.807) is 19.2 Å². The van der Waals surface area contributed by atoms with Gasteiger partial charge in [-0.1, -0.05) is 0 Å².